The van der Waals surface area contributed by atoms with E-state index >= 15 is 0 Å². The molecule has 0 aliphatic heterocycles. The van der Waals surface area contributed by atoms with Gasteiger partial charge in [-0.1, -0.05) is 15.9 Å². The molecule has 0 saturated carbocycles. The average molecular weight is 358 g/mol. The number of benzene rings is 1. The van der Waals surface area contributed by atoms with E-state index in [1.807, 2.05) is 0 Å². The number of hydrogen-bond donors (Lipinski definition) is 1. The van der Waals surface area contributed by atoms with Crippen molar-refractivity contribution in [2.24, 2.45) is 0 Å². The van der Waals surface area contributed by atoms with E-state index < -0.39 is 35.1 Å². The van der Waals surface area contributed by atoms with Gasteiger partial charge in [0.15, 0.2) is 0 Å². The van der Waals surface area contributed by atoms with Crippen molar-refractivity contribution >= 4 is 21.8 Å². The molecule has 1 aromatic carbocycles. The van der Waals surface area contributed by atoms with Crippen molar-refractivity contribution < 1.29 is 27.1 Å². The van der Waals surface area contributed by atoms with Gasteiger partial charge in [-0.15, -0.1) is 0 Å². The second kappa shape index (κ2) is 7.03. The third-order valence-corrected chi connectivity index (χ3v) is 3.21. The van der Waals surface area contributed by atoms with Crippen molar-refractivity contribution in [1.82, 2.24) is 5.32 Å². The van der Waals surface area contributed by atoms with Crippen LogP contribution in [0.15, 0.2) is 18.2 Å². The molecular weight excluding hydrogens is 346 g/mol. The van der Waals surface area contributed by atoms with Crippen molar-refractivity contribution in [3.8, 4) is 0 Å². The van der Waals surface area contributed by atoms with Crippen LogP contribution in [0.2, 0.25) is 0 Å². The number of alkyl halides is 4. The second-order valence-corrected chi connectivity index (χ2v) is 4.62. The first-order chi connectivity index (χ1) is 9.29. The standard InChI is InChI=1S/C12H12BrF4NO2/c1-20-6-8(5-13)18-11(19)9-4-7(12(15,16)17)2-3-10(9)14/h2-4,8H,5-6H2,1H3,(H,18,19). The van der Waals surface area contributed by atoms with Crippen LogP contribution in [0.25, 0.3) is 0 Å². The third-order valence-electron chi connectivity index (χ3n) is 2.43. The van der Waals surface area contributed by atoms with E-state index in [0.717, 1.165) is 0 Å². The summed E-state index contributed by atoms with van der Waals surface area (Å²) >= 11 is 3.11. The van der Waals surface area contributed by atoms with Crippen molar-refractivity contribution in [3.63, 3.8) is 0 Å². The Morgan fingerprint density at radius 1 is 1.45 bits per heavy atom. The lowest BCUT2D eigenvalue weighted by Crippen LogP contribution is -2.39. The minimum atomic E-state index is -4.63. The van der Waals surface area contributed by atoms with E-state index in [1.54, 1.807) is 0 Å². The highest BCUT2D eigenvalue weighted by atomic mass is 79.9. The molecule has 0 radical (unpaired) electrons. The molecule has 112 valence electrons. The first-order valence-corrected chi connectivity index (χ1v) is 6.64. The van der Waals surface area contributed by atoms with E-state index in [2.05, 4.69) is 21.2 Å². The van der Waals surface area contributed by atoms with Gasteiger partial charge in [0.2, 0.25) is 0 Å². The molecule has 0 saturated heterocycles. The number of ether oxygens (including phenoxy) is 1. The van der Waals surface area contributed by atoms with E-state index in [-0.39, 0.29) is 6.61 Å². The van der Waals surface area contributed by atoms with Crippen molar-refractivity contribution in [2.45, 2.75) is 12.2 Å². The molecule has 0 aliphatic carbocycles. The Kier molecular flexibility index (Phi) is 5.94. The molecule has 1 atom stereocenters. The van der Waals surface area contributed by atoms with Crippen LogP contribution >= 0.6 is 15.9 Å². The Labute approximate surface area is 121 Å². The van der Waals surface area contributed by atoms with Crippen molar-refractivity contribution in [2.75, 3.05) is 19.0 Å². The maximum Gasteiger partial charge on any atom is 0.416 e. The van der Waals surface area contributed by atoms with Crippen LogP contribution in [-0.2, 0) is 10.9 Å². The van der Waals surface area contributed by atoms with Gasteiger partial charge in [-0.25, -0.2) is 4.39 Å². The van der Waals surface area contributed by atoms with E-state index in [9.17, 15) is 22.4 Å². The number of nitrogens with one attached hydrogen (secondary N) is 1. The zero-order valence-corrected chi connectivity index (χ0v) is 12.0. The molecule has 0 bridgehead atoms. The smallest absolute Gasteiger partial charge is 0.383 e. The molecule has 0 fully saturated rings. The number of halogens is 5. The molecule has 3 nitrogen and oxygen atoms in total. The summed E-state index contributed by atoms with van der Waals surface area (Å²) < 4.78 is 55.9. The molecule has 1 N–H and O–H groups in total. The largest absolute Gasteiger partial charge is 0.416 e. The number of hydrogen-bond acceptors (Lipinski definition) is 2. The second-order valence-electron chi connectivity index (χ2n) is 3.97. The van der Waals surface area contributed by atoms with Crippen LogP contribution < -0.4 is 5.32 Å². The number of methoxy groups -OCH3 is 1. The summed E-state index contributed by atoms with van der Waals surface area (Å²) in [5.41, 5.74) is -1.73. The van der Waals surface area contributed by atoms with Crippen LogP contribution in [0.3, 0.4) is 0 Å². The fraction of sp³-hybridized carbons (Fsp3) is 0.417. The lowest BCUT2D eigenvalue weighted by Gasteiger charge is -2.16. The third kappa shape index (κ3) is 4.45. The van der Waals surface area contributed by atoms with Gasteiger partial charge >= 0.3 is 6.18 Å². The molecule has 0 aliphatic rings. The van der Waals surface area contributed by atoms with Crippen LogP contribution in [0.1, 0.15) is 15.9 Å². The Morgan fingerprint density at radius 2 is 2.10 bits per heavy atom. The average Bonchev–Trinajstić information content (AvgIpc) is 2.37. The van der Waals surface area contributed by atoms with Gasteiger partial charge in [-0.2, -0.15) is 13.2 Å². The predicted octanol–water partition coefficient (Wildman–Crippen LogP) is 2.98. The predicted molar refractivity (Wildman–Crippen MR) is 68.3 cm³/mol. The van der Waals surface area contributed by atoms with Crippen LogP contribution in [0.4, 0.5) is 17.6 Å². The van der Waals surface area contributed by atoms with Gasteiger partial charge in [0.25, 0.3) is 5.91 Å². The van der Waals surface area contributed by atoms with Gasteiger partial charge in [0.1, 0.15) is 5.82 Å². The van der Waals surface area contributed by atoms with Gasteiger partial charge in [-0.3, -0.25) is 4.79 Å². The topological polar surface area (TPSA) is 38.3 Å². The van der Waals surface area contributed by atoms with Gasteiger partial charge in [0.05, 0.1) is 23.8 Å². The summed E-state index contributed by atoms with van der Waals surface area (Å²) in [6, 6.07) is 1.23. The summed E-state index contributed by atoms with van der Waals surface area (Å²) in [4.78, 5) is 11.8. The minimum Gasteiger partial charge on any atom is -0.383 e. The summed E-state index contributed by atoms with van der Waals surface area (Å²) in [6.07, 6.45) is -4.63. The van der Waals surface area contributed by atoms with E-state index in [1.165, 1.54) is 7.11 Å². The number of carbonyl (C=O) groups excluding carboxylic acids is 1. The van der Waals surface area contributed by atoms with Crippen LogP contribution in [0, 0.1) is 5.82 Å². The molecule has 1 unspecified atom stereocenters. The summed E-state index contributed by atoms with van der Waals surface area (Å²) in [5.74, 6) is -1.93. The van der Waals surface area contributed by atoms with Gasteiger partial charge in [-0.05, 0) is 18.2 Å². The van der Waals surface area contributed by atoms with Crippen LogP contribution in [0.5, 0.6) is 0 Å². The fourth-order valence-electron chi connectivity index (χ4n) is 1.46. The first kappa shape index (κ1) is 16.9. The summed E-state index contributed by atoms with van der Waals surface area (Å²) in [7, 11) is 1.41. The highest BCUT2D eigenvalue weighted by Crippen LogP contribution is 2.30. The normalized spacial score (nSPS) is 13.1. The number of rotatable bonds is 5. The zero-order chi connectivity index (χ0) is 15.3. The lowest BCUT2D eigenvalue weighted by atomic mass is 10.1. The number of amides is 1. The zero-order valence-electron chi connectivity index (χ0n) is 10.4. The van der Waals surface area contributed by atoms with Gasteiger partial charge in [0, 0.05) is 12.4 Å². The Morgan fingerprint density at radius 3 is 2.60 bits per heavy atom. The Hall–Kier alpha value is -1.15. The van der Waals surface area contributed by atoms with Crippen molar-refractivity contribution in [3.05, 3.63) is 35.1 Å². The first-order valence-electron chi connectivity index (χ1n) is 5.52. The maximum absolute atomic E-state index is 13.5. The summed E-state index contributed by atoms with van der Waals surface area (Å²) in [5, 5.41) is 2.71. The number of carbonyl (C=O) groups is 1. The SMILES string of the molecule is COCC(CBr)NC(=O)c1cc(C(F)(F)F)ccc1F. The highest BCUT2D eigenvalue weighted by Gasteiger charge is 2.32. The molecule has 1 aromatic rings. The quantitative estimate of drug-likeness (QED) is 0.649. The maximum atomic E-state index is 13.5. The molecule has 0 aromatic heterocycles. The fourth-order valence-corrected chi connectivity index (χ4v) is 1.81. The Balaban J connectivity index is 2.97. The van der Waals surface area contributed by atoms with E-state index in [0.29, 0.717) is 23.5 Å². The molecule has 1 amide bonds. The molecule has 0 spiro atoms. The lowest BCUT2D eigenvalue weighted by molar-refractivity contribution is -0.137. The van der Waals surface area contributed by atoms with Gasteiger partial charge < -0.3 is 10.1 Å². The minimum absolute atomic E-state index is 0.150. The van der Waals surface area contributed by atoms with Crippen LogP contribution in [-0.4, -0.2) is 31.0 Å². The molecule has 0 heterocycles. The Bertz CT molecular complexity index is 479. The monoisotopic (exact) mass is 357 g/mol. The highest BCUT2D eigenvalue weighted by molar-refractivity contribution is 9.09. The molecule has 8 heteroatoms. The van der Waals surface area contributed by atoms with Crippen molar-refractivity contribution in [1.29, 1.82) is 0 Å². The molecule has 20 heavy (non-hydrogen) atoms. The molecular formula is C12H12BrF4NO2. The summed E-state index contributed by atoms with van der Waals surface area (Å²) in [6.45, 7) is 0.150. The molecule has 1 rings (SSSR count). The van der Waals surface area contributed by atoms with E-state index in [4.69, 9.17) is 4.74 Å².